The Morgan fingerprint density at radius 3 is 2.69 bits per heavy atom. The first-order chi connectivity index (χ1) is 15.5. The molecule has 0 radical (unpaired) electrons. The predicted octanol–water partition coefficient (Wildman–Crippen LogP) is 2.65. The van der Waals surface area contributed by atoms with Gasteiger partial charge in [-0.3, -0.25) is 9.69 Å². The number of carbonyl (C=O) groups excluding carboxylic acids is 3. The number of cyclic esters (lactones) is 1. The largest absolute Gasteiger partial charge is 0.456 e. The van der Waals surface area contributed by atoms with E-state index in [1.807, 2.05) is 30.5 Å². The van der Waals surface area contributed by atoms with E-state index in [0.29, 0.717) is 28.5 Å². The number of urea groups is 1. The summed E-state index contributed by atoms with van der Waals surface area (Å²) < 4.78 is 15.8. The average molecular weight is 453 g/mol. The molecule has 164 valence electrons. The topological polar surface area (TPSA) is 106 Å². The quantitative estimate of drug-likeness (QED) is 0.530. The molecule has 3 heterocycles. The molecule has 0 spiro atoms. The average Bonchev–Trinajstić information content (AvgIpc) is 3.42. The molecule has 2 N–H and O–H groups in total. The van der Waals surface area contributed by atoms with Crippen LogP contribution in [0.4, 0.5) is 10.5 Å². The van der Waals surface area contributed by atoms with Crippen molar-refractivity contribution < 1.29 is 28.6 Å². The van der Waals surface area contributed by atoms with Crippen molar-refractivity contribution in [3.63, 3.8) is 0 Å². The summed E-state index contributed by atoms with van der Waals surface area (Å²) in [6.45, 7) is -0.195. The highest BCUT2D eigenvalue weighted by Crippen LogP contribution is 2.36. The van der Waals surface area contributed by atoms with Crippen molar-refractivity contribution in [3.05, 3.63) is 59.3 Å². The molecule has 0 fully saturated rings. The highest BCUT2D eigenvalue weighted by Gasteiger charge is 2.42. The first-order valence-corrected chi connectivity index (χ1v) is 11.1. The molecule has 3 aliphatic heterocycles. The van der Waals surface area contributed by atoms with Gasteiger partial charge in [0.25, 0.3) is 0 Å². The third kappa shape index (κ3) is 3.62. The zero-order chi connectivity index (χ0) is 22.2. The van der Waals surface area contributed by atoms with Crippen molar-refractivity contribution in [3.8, 4) is 11.5 Å². The van der Waals surface area contributed by atoms with E-state index < -0.39 is 23.9 Å². The monoisotopic (exact) mass is 453 g/mol. The molecule has 0 saturated heterocycles. The third-order valence-corrected chi connectivity index (χ3v) is 6.15. The fraction of sp³-hybridized carbons (Fsp3) is 0.227. The first kappa shape index (κ1) is 20.3. The molecule has 3 aliphatic rings. The number of hydrogen-bond acceptors (Lipinski definition) is 7. The van der Waals surface area contributed by atoms with E-state index in [0.717, 1.165) is 10.5 Å². The maximum atomic E-state index is 12.9. The van der Waals surface area contributed by atoms with Crippen LogP contribution in [0.1, 0.15) is 11.6 Å². The minimum atomic E-state index is -0.628. The number of fused-ring (bicyclic) bond motifs is 1. The molecular formula is C22H19N3O6S. The Balaban J connectivity index is 1.36. The lowest BCUT2D eigenvalue weighted by atomic mass is 9.96. The highest BCUT2D eigenvalue weighted by atomic mass is 32.2. The van der Waals surface area contributed by atoms with Crippen LogP contribution in [0.2, 0.25) is 0 Å². The number of nitrogens with zero attached hydrogens (tertiary/aromatic N) is 1. The van der Waals surface area contributed by atoms with Crippen LogP contribution in [0.15, 0.2) is 58.6 Å². The molecular weight excluding hydrogens is 434 g/mol. The fourth-order valence-corrected chi connectivity index (χ4v) is 4.25. The van der Waals surface area contributed by atoms with Gasteiger partial charge in [-0.15, -0.1) is 11.8 Å². The summed E-state index contributed by atoms with van der Waals surface area (Å²) in [6.07, 6.45) is 1.97. The number of esters is 1. The van der Waals surface area contributed by atoms with Crippen LogP contribution in [-0.4, -0.2) is 49.0 Å². The number of rotatable bonds is 5. The van der Waals surface area contributed by atoms with Crippen LogP contribution in [0.25, 0.3) is 0 Å². The van der Waals surface area contributed by atoms with E-state index in [1.54, 1.807) is 30.0 Å². The smallest absolute Gasteiger partial charge is 0.338 e. The van der Waals surface area contributed by atoms with Gasteiger partial charge in [0.1, 0.15) is 13.2 Å². The number of benzene rings is 2. The molecule has 9 nitrogen and oxygen atoms in total. The number of ether oxygens (including phenoxy) is 3. The minimum absolute atomic E-state index is 0.0573. The van der Waals surface area contributed by atoms with Crippen molar-refractivity contribution in [2.75, 3.05) is 31.5 Å². The Hall–Kier alpha value is -3.66. The van der Waals surface area contributed by atoms with Crippen LogP contribution >= 0.6 is 11.8 Å². The Morgan fingerprint density at radius 1 is 1.12 bits per heavy atom. The molecule has 0 unspecified atom stereocenters. The van der Waals surface area contributed by atoms with E-state index in [2.05, 4.69) is 10.6 Å². The van der Waals surface area contributed by atoms with Gasteiger partial charge in [0, 0.05) is 16.6 Å². The summed E-state index contributed by atoms with van der Waals surface area (Å²) in [6, 6.07) is 11.5. The summed E-state index contributed by atoms with van der Waals surface area (Å²) in [7, 11) is 0. The van der Waals surface area contributed by atoms with E-state index in [-0.39, 0.29) is 19.9 Å². The normalized spacial score (nSPS) is 18.9. The van der Waals surface area contributed by atoms with Gasteiger partial charge in [0.05, 0.1) is 17.3 Å². The molecule has 2 aromatic rings. The van der Waals surface area contributed by atoms with E-state index in [9.17, 15) is 14.4 Å². The second kappa shape index (κ2) is 8.12. The van der Waals surface area contributed by atoms with Gasteiger partial charge < -0.3 is 24.8 Å². The Bertz CT molecular complexity index is 1150. The molecule has 1 atom stereocenters. The second-order valence-electron chi connectivity index (χ2n) is 7.29. The van der Waals surface area contributed by atoms with Crippen LogP contribution in [0.5, 0.6) is 11.5 Å². The lowest BCUT2D eigenvalue weighted by molar-refractivity contribution is -0.136. The van der Waals surface area contributed by atoms with Gasteiger partial charge in [-0.2, -0.15) is 0 Å². The zero-order valence-corrected chi connectivity index (χ0v) is 17.9. The number of nitrogens with one attached hydrogen (secondary N) is 2. The van der Waals surface area contributed by atoms with Crippen molar-refractivity contribution in [2.45, 2.75) is 10.9 Å². The number of carbonyl (C=O) groups is 3. The summed E-state index contributed by atoms with van der Waals surface area (Å²) in [5.41, 5.74) is 2.03. The minimum Gasteiger partial charge on any atom is -0.456 e. The SMILES string of the molecule is CSc1ccc([C@@H]2NC(=O)N(CC(=O)Nc3ccc4c(c3)OCO4)C3=C2C(=O)OC3)cc1. The molecule has 3 amide bonds. The standard InChI is InChI=1S/C22H19N3O6S/c1-32-14-5-2-12(3-6-14)20-19-15(10-29-21(19)27)25(22(28)24-20)9-18(26)23-13-4-7-16-17(8-13)31-11-30-16/h2-8,20H,9-11H2,1H3,(H,23,26)(H,24,28)/t20-/m0/s1. The van der Waals surface area contributed by atoms with E-state index in [1.165, 1.54) is 4.90 Å². The van der Waals surface area contributed by atoms with Gasteiger partial charge in [-0.25, -0.2) is 9.59 Å². The lowest BCUT2D eigenvalue weighted by Gasteiger charge is -2.32. The molecule has 0 saturated carbocycles. The highest BCUT2D eigenvalue weighted by molar-refractivity contribution is 7.98. The van der Waals surface area contributed by atoms with Gasteiger partial charge in [-0.1, -0.05) is 12.1 Å². The predicted molar refractivity (Wildman–Crippen MR) is 115 cm³/mol. The second-order valence-corrected chi connectivity index (χ2v) is 8.17. The molecule has 32 heavy (non-hydrogen) atoms. The summed E-state index contributed by atoms with van der Waals surface area (Å²) in [4.78, 5) is 40.3. The molecule has 0 aromatic heterocycles. The van der Waals surface area contributed by atoms with Crippen LogP contribution in [-0.2, 0) is 14.3 Å². The van der Waals surface area contributed by atoms with Crippen LogP contribution in [0.3, 0.4) is 0 Å². The summed E-state index contributed by atoms with van der Waals surface area (Å²) >= 11 is 1.60. The van der Waals surface area contributed by atoms with Crippen LogP contribution in [0, 0.1) is 0 Å². The van der Waals surface area contributed by atoms with Gasteiger partial charge in [-0.05, 0) is 36.1 Å². The fourth-order valence-electron chi connectivity index (χ4n) is 3.84. The molecule has 5 rings (SSSR count). The lowest BCUT2D eigenvalue weighted by Crippen LogP contribution is -2.49. The Labute approximate surface area is 187 Å². The van der Waals surface area contributed by atoms with Gasteiger partial charge in [0.2, 0.25) is 12.7 Å². The Kier molecular flexibility index (Phi) is 5.14. The number of hydrogen-bond donors (Lipinski definition) is 2. The van der Waals surface area contributed by atoms with E-state index in [4.69, 9.17) is 14.2 Å². The molecule has 10 heteroatoms. The van der Waals surface area contributed by atoms with Crippen molar-refractivity contribution in [1.82, 2.24) is 10.2 Å². The summed E-state index contributed by atoms with van der Waals surface area (Å²) in [5, 5.41) is 5.57. The summed E-state index contributed by atoms with van der Waals surface area (Å²) in [5.74, 6) is 0.216. The molecule has 0 bridgehead atoms. The number of anilines is 1. The first-order valence-electron chi connectivity index (χ1n) is 9.85. The number of thioether (sulfide) groups is 1. The van der Waals surface area contributed by atoms with Crippen LogP contribution < -0.4 is 20.1 Å². The molecule has 0 aliphatic carbocycles. The van der Waals surface area contributed by atoms with Crippen molar-refractivity contribution in [2.24, 2.45) is 0 Å². The Morgan fingerprint density at radius 2 is 1.91 bits per heavy atom. The maximum Gasteiger partial charge on any atom is 0.338 e. The van der Waals surface area contributed by atoms with Crippen molar-refractivity contribution >= 4 is 35.4 Å². The van der Waals surface area contributed by atoms with Crippen molar-refractivity contribution in [1.29, 1.82) is 0 Å². The number of amides is 3. The van der Waals surface area contributed by atoms with Gasteiger partial charge in [0.15, 0.2) is 11.5 Å². The van der Waals surface area contributed by atoms with Gasteiger partial charge >= 0.3 is 12.0 Å². The third-order valence-electron chi connectivity index (χ3n) is 5.41. The molecule has 2 aromatic carbocycles. The zero-order valence-electron chi connectivity index (χ0n) is 17.0. The maximum absolute atomic E-state index is 12.9. The van der Waals surface area contributed by atoms with E-state index >= 15 is 0 Å².